The summed E-state index contributed by atoms with van der Waals surface area (Å²) in [6.07, 6.45) is 0.840. The van der Waals surface area contributed by atoms with E-state index < -0.39 is 17.9 Å². The smallest absolute Gasteiger partial charge is 0.221 e. The third-order valence-electron chi connectivity index (χ3n) is 4.64. The Bertz CT molecular complexity index is 794. The third kappa shape index (κ3) is 10.4. The second kappa shape index (κ2) is 13.7. The predicted octanol–water partition coefficient (Wildman–Crippen LogP) is 1.29. The Labute approximate surface area is 187 Å². The number of carbonyl (C=O) groups excluding carboxylic acids is 5. The highest BCUT2D eigenvalue weighted by Gasteiger charge is 2.21. The first-order valence-corrected chi connectivity index (χ1v) is 10.7. The molecule has 0 saturated carbocycles. The molecule has 31 heavy (non-hydrogen) atoms. The lowest BCUT2D eigenvalue weighted by Crippen LogP contribution is -2.41. The molecular weight excluding hydrogens is 420 g/mol. The van der Waals surface area contributed by atoms with Crippen molar-refractivity contribution in [2.45, 2.75) is 45.6 Å². The maximum atomic E-state index is 12.2. The molecule has 3 N–H and O–H groups in total. The van der Waals surface area contributed by atoms with Crippen molar-refractivity contribution in [1.29, 1.82) is 0 Å². The van der Waals surface area contributed by atoms with E-state index >= 15 is 0 Å². The monoisotopic (exact) mass is 450 g/mol. The first-order chi connectivity index (χ1) is 14.6. The van der Waals surface area contributed by atoms with E-state index in [9.17, 15) is 24.0 Å². The van der Waals surface area contributed by atoms with Crippen LogP contribution in [0.3, 0.4) is 0 Å². The number of hydrogen-bond acceptors (Lipinski definition) is 7. The van der Waals surface area contributed by atoms with E-state index in [1.807, 2.05) is 0 Å². The number of nitrogens with one attached hydrogen (secondary N) is 1. The summed E-state index contributed by atoms with van der Waals surface area (Å²) in [6, 6.07) is 6.19. The Morgan fingerprint density at radius 2 is 1.74 bits per heavy atom. The van der Waals surface area contributed by atoms with Crippen LogP contribution in [0.5, 0.6) is 0 Å². The Morgan fingerprint density at radius 1 is 1.10 bits per heavy atom. The summed E-state index contributed by atoms with van der Waals surface area (Å²) in [6.45, 7) is 2.82. The Hall–Kier alpha value is -2.52. The minimum atomic E-state index is -0.672. The summed E-state index contributed by atoms with van der Waals surface area (Å²) >= 11 is 4.05. The van der Waals surface area contributed by atoms with Crippen LogP contribution in [0.25, 0.3) is 0 Å². The first kappa shape index (κ1) is 26.5. The van der Waals surface area contributed by atoms with Crippen molar-refractivity contribution < 1.29 is 28.7 Å². The number of nitrogens with two attached hydrogens (primary N) is 1. The van der Waals surface area contributed by atoms with Gasteiger partial charge in [-0.15, -0.1) is 0 Å². The van der Waals surface area contributed by atoms with Gasteiger partial charge in [0.25, 0.3) is 0 Å². The maximum Gasteiger partial charge on any atom is 0.221 e. The molecule has 0 aliphatic rings. The molecule has 1 unspecified atom stereocenters. The Morgan fingerprint density at radius 3 is 2.26 bits per heavy atom. The molecular formula is C22H30N2O6S. The van der Waals surface area contributed by atoms with Crippen LogP contribution >= 0.6 is 12.6 Å². The van der Waals surface area contributed by atoms with Gasteiger partial charge in [0.1, 0.15) is 6.61 Å². The van der Waals surface area contributed by atoms with Gasteiger partial charge in [-0.05, 0) is 25.3 Å². The maximum absolute atomic E-state index is 12.2. The van der Waals surface area contributed by atoms with E-state index in [0.717, 1.165) is 5.56 Å². The highest BCUT2D eigenvalue weighted by molar-refractivity contribution is 7.80. The van der Waals surface area contributed by atoms with Gasteiger partial charge >= 0.3 is 0 Å². The van der Waals surface area contributed by atoms with E-state index in [1.54, 1.807) is 24.3 Å². The molecule has 0 heterocycles. The van der Waals surface area contributed by atoms with Crippen LogP contribution in [0.2, 0.25) is 0 Å². The third-order valence-corrected chi connectivity index (χ3v) is 5.01. The number of hydrogen-bond donors (Lipinski definition) is 3. The molecule has 0 bridgehead atoms. The van der Waals surface area contributed by atoms with Gasteiger partial charge in [-0.2, -0.15) is 12.6 Å². The predicted molar refractivity (Wildman–Crippen MR) is 119 cm³/mol. The molecule has 1 aromatic rings. The molecule has 0 fully saturated rings. The molecule has 2 amide bonds. The number of carbonyl (C=O) groups is 5. The molecule has 0 aliphatic carbocycles. The largest absolute Gasteiger partial charge is 0.374 e. The van der Waals surface area contributed by atoms with E-state index in [0.29, 0.717) is 18.4 Å². The molecule has 1 aromatic carbocycles. The van der Waals surface area contributed by atoms with Crippen molar-refractivity contribution in [3.8, 4) is 0 Å². The molecule has 0 radical (unpaired) electrons. The quantitative estimate of drug-likeness (QED) is 0.210. The Kier molecular flexibility index (Phi) is 11.7. The lowest BCUT2D eigenvalue weighted by Gasteiger charge is -2.14. The average Bonchev–Trinajstić information content (AvgIpc) is 2.71. The number of rotatable bonds is 15. The molecule has 0 saturated heterocycles. The molecule has 2 atom stereocenters. The highest BCUT2D eigenvalue weighted by atomic mass is 32.1. The number of benzene rings is 1. The normalized spacial score (nSPS) is 12.6. The minimum Gasteiger partial charge on any atom is -0.374 e. The van der Waals surface area contributed by atoms with Gasteiger partial charge in [-0.25, -0.2) is 0 Å². The van der Waals surface area contributed by atoms with Gasteiger partial charge in [-0.3, -0.25) is 24.0 Å². The highest BCUT2D eigenvalue weighted by Crippen LogP contribution is 2.14. The van der Waals surface area contributed by atoms with Crippen molar-refractivity contribution in [1.82, 2.24) is 5.32 Å². The van der Waals surface area contributed by atoms with Gasteiger partial charge in [0, 0.05) is 43.6 Å². The second-order valence-electron chi connectivity index (χ2n) is 7.36. The van der Waals surface area contributed by atoms with Crippen LogP contribution in [-0.4, -0.2) is 54.2 Å². The zero-order chi connectivity index (χ0) is 23.4. The summed E-state index contributed by atoms with van der Waals surface area (Å²) in [7, 11) is 0. The number of thiol groups is 1. The van der Waals surface area contributed by atoms with Gasteiger partial charge < -0.3 is 15.8 Å². The summed E-state index contributed by atoms with van der Waals surface area (Å²) in [5, 5.41) is 2.53. The van der Waals surface area contributed by atoms with Crippen molar-refractivity contribution in [3.63, 3.8) is 0 Å². The minimum absolute atomic E-state index is 0.0486. The molecule has 0 aromatic heterocycles. The van der Waals surface area contributed by atoms with Gasteiger partial charge in [0.15, 0.2) is 17.3 Å². The van der Waals surface area contributed by atoms with Gasteiger partial charge in [0.05, 0.1) is 6.04 Å². The summed E-state index contributed by atoms with van der Waals surface area (Å²) < 4.78 is 5.32. The fourth-order valence-electron chi connectivity index (χ4n) is 2.95. The van der Waals surface area contributed by atoms with E-state index in [4.69, 9.17) is 10.5 Å². The van der Waals surface area contributed by atoms with Crippen molar-refractivity contribution in [3.05, 3.63) is 35.4 Å². The van der Waals surface area contributed by atoms with Crippen LogP contribution in [0.15, 0.2) is 24.3 Å². The van der Waals surface area contributed by atoms with Crippen LogP contribution in [-0.2, 0) is 30.3 Å². The number of amides is 2. The lowest BCUT2D eigenvalue weighted by molar-refractivity contribution is -0.130. The standard InChI is InChI=1S/C22H30N2O6S/c1-14(25)17-7-5-16(6-8-17)10-18(22(23)29)11-19(27)12-30-9-3-4-21(28)20(13-31)24-15(2)26/h5-8,18,20,31H,3-4,9-13H2,1-2H3,(H2,23,29)(H,24,26)/t18?,20-/m1/s1. The molecule has 8 nitrogen and oxygen atoms in total. The molecule has 0 aliphatic heterocycles. The first-order valence-electron chi connectivity index (χ1n) is 10.0. The fourth-order valence-corrected chi connectivity index (χ4v) is 3.24. The number of Topliss-reactive ketones (excluding diaryl/α,β-unsaturated/α-hetero) is 3. The number of primary amides is 1. The van der Waals surface area contributed by atoms with E-state index in [2.05, 4.69) is 17.9 Å². The lowest BCUT2D eigenvalue weighted by atomic mass is 9.93. The van der Waals surface area contributed by atoms with E-state index in [1.165, 1.54) is 13.8 Å². The topological polar surface area (TPSA) is 133 Å². The van der Waals surface area contributed by atoms with Crippen LogP contribution < -0.4 is 11.1 Å². The summed E-state index contributed by atoms with van der Waals surface area (Å²) in [5.41, 5.74) is 6.81. The zero-order valence-electron chi connectivity index (χ0n) is 17.9. The number of ketones is 3. The van der Waals surface area contributed by atoms with Crippen LogP contribution in [0, 0.1) is 5.92 Å². The fraction of sp³-hybridized carbons (Fsp3) is 0.500. The van der Waals surface area contributed by atoms with Crippen LogP contribution in [0.4, 0.5) is 0 Å². The van der Waals surface area contributed by atoms with Gasteiger partial charge in [-0.1, -0.05) is 24.3 Å². The van der Waals surface area contributed by atoms with Crippen molar-refractivity contribution >= 4 is 41.8 Å². The Balaban J connectivity index is 2.40. The average molecular weight is 451 g/mol. The second-order valence-corrected chi connectivity index (χ2v) is 7.72. The summed E-state index contributed by atoms with van der Waals surface area (Å²) in [5.74, 6) is -1.80. The van der Waals surface area contributed by atoms with Gasteiger partial charge in [0.2, 0.25) is 11.8 Å². The molecule has 170 valence electrons. The van der Waals surface area contributed by atoms with Crippen molar-refractivity contribution in [2.24, 2.45) is 11.7 Å². The summed E-state index contributed by atoms with van der Waals surface area (Å²) in [4.78, 5) is 58.3. The molecule has 9 heteroatoms. The van der Waals surface area contributed by atoms with Crippen LogP contribution in [0.1, 0.15) is 49.0 Å². The number of ether oxygens (including phenoxy) is 1. The van der Waals surface area contributed by atoms with E-state index in [-0.39, 0.29) is 55.1 Å². The molecule has 1 rings (SSSR count). The zero-order valence-corrected chi connectivity index (χ0v) is 18.8. The molecule has 0 spiro atoms. The SMILES string of the molecule is CC(=O)N[C@H](CS)C(=O)CCCOCC(=O)CC(Cc1ccc(C(C)=O)cc1)C(N)=O. The van der Waals surface area contributed by atoms with Crippen molar-refractivity contribution in [2.75, 3.05) is 19.0 Å².